The fourth-order valence-electron chi connectivity index (χ4n) is 2.85. The Morgan fingerprint density at radius 2 is 1.71 bits per heavy atom. The minimum atomic E-state index is -0.489. The van der Waals surface area contributed by atoms with Crippen molar-refractivity contribution in [2.24, 2.45) is 5.92 Å². The highest BCUT2D eigenvalue weighted by Gasteiger charge is 2.27. The third-order valence-corrected chi connectivity index (χ3v) is 4.18. The van der Waals surface area contributed by atoms with Crippen LogP contribution in [0.2, 0.25) is 0 Å². The molecule has 0 spiro atoms. The number of nitrogens with zero attached hydrogens (tertiary/aromatic N) is 1. The van der Waals surface area contributed by atoms with E-state index in [4.69, 9.17) is 0 Å². The summed E-state index contributed by atoms with van der Waals surface area (Å²) in [5, 5.41) is 10.1. The van der Waals surface area contributed by atoms with Crippen LogP contribution >= 0.6 is 0 Å². The summed E-state index contributed by atoms with van der Waals surface area (Å²) in [5.74, 6) is 0.378. The Labute approximate surface area is 124 Å². The summed E-state index contributed by atoms with van der Waals surface area (Å²) in [6, 6.07) is 16.5. The van der Waals surface area contributed by atoms with E-state index in [0.717, 1.165) is 31.5 Å². The maximum absolute atomic E-state index is 12.8. The monoisotopic (exact) mass is 285 g/mol. The molecule has 3 heteroatoms. The SMILES string of the molecule is OC(CCC1CN(c2ccccc2)C1)c1ccc(F)cc1. The number of para-hydroxylation sites is 1. The van der Waals surface area contributed by atoms with E-state index in [1.165, 1.54) is 17.8 Å². The first-order chi connectivity index (χ1) is 10.2. The molecule has 1 aliphatic heterocycles. The second-order valence-electron chi connectivity index (χ2n) is 5.75. The molecule has 21 heavy (non-hydrogen) atoms. The Kier molecular flexibility index (Phi) is 4.20. The second-order valence-corrected chi connectivity index (χ2v) is 5.75. The van der Waals surface area contributed by atoms with Crippen LogP contribution < -0.4 is 4.90 Å². The van der Waals surface area contributed by atoms with Gasteiger partial charge in [-0.2, -0.15) is 0 Å². The van der Waals surface area contributed by atoms with Crippen molar-refractivity contribution in [3.8, 4) is 0 Å². The molecule has 0 aliphatic carbocycles. The molecule has 0 radical (unpaired) electrons. The van der Waals surface area contributed by atoms with E-state index in [1.54, 1.807) is 12.1 Å². The standard InChI is InChI=1S/C18H20FNO/c19-16-9-7-15(8-10-16)18(21)11-6-14-12-20(13-14)17-4-2-1-3-5-17/h1-5,7-10,14,18,21H,6,11-13H2. The number of aliphatic hydroxyl groups is 1. The van der Waals surface area contributed by atoms with Crippen LogP contribution in [0.15, 0.2) is 54.6 Å². The van der Waals surface area contributed by atoms with E-state index >= 15 is 0 Å². The molecular formula is C18H20FNO. The Morgan fingerprint density at radius 1 is 1.05 bits per heavy atom. The zero-order valence-electron chi connectivity index (χ0n) is 12.0. The molecule has 3 rings (SSSR count). The Bertz CT molecular complexity index is 564. The lowest BCUT2D eigenvalue weighted by molar-refractivity contribution is 0.153. The number of aliphatic hydroxyl groups excluding tert-OH is 1. The molecule has 1 heterocycles. The quantitative estimate of drug-likeness (QED) is 0.904. The number of anilines is 1. The predicted molar refractivity (Wildman–Crippen MR) is 82.7 cm³/mol. The summed E-state index contributed by atoms with van der Waals surface area (Å²) in [7, 11) is 0. The highest BCUT2D eigenvalue weighted by Crippen LogP contribution is 2.29. The summed E-state index contributed by atoms with van der Waals surface area (Å²) < 4.78 is 12.8. The van der Waals surface area contributed by atoms with Gasteiger partial charge in [0, 0.05) is 18.8 Å². The topological polar surface area (TPSA) is 23.5 Å². The average molecular weight is 285 g/mol. The second kappa shape index (κ2) is 6.27. The van der Waals surface area contributed by atoms with Gasteiger partial charge in [0.15, 0.2) is 0 Å². The average Bonchev–Trinajstić information content (AvgIpc) is 2.47. The molecule has 1 fully saturated rings. The third-order valence-electron chi connectivity index (χ3n) is 4.18. The predicted octanol–water partition coefficient (Wildman–Crippen LogP) is 3.78. The van der Waals surface area contributed by atoms with Crippen LogP contribution in [0.25, 0.3) is 0 Å². The summed E-state index contributed by atoms with van der Waals surface area (Å²) in [6.07, 6.45) is 1.25. The molecule has 110 valence electrons. The van der Waals surface area contributed by atoms with Crippen LogP contribution in [-0.2, 0) is 0 Å². The largest absolute Gasteiger partial charge is 0.388 e. The molecular weight excluding hydrogens is 265 g/mol. The number of hydrogen-bond donors (Lipinski definition) is 1. The van der Waals surface area contributed by atoms with Crippen molar-refractivity contribution in [1.29, 1.82) is 0 Å². The first kappa shape index (κ1) is 14.1. The molecule has 1 N–H and O–H groups in total. The normalized spacial score (nSPS) is 16.6. The zero-order valence-corrected chi connectivity index (χ0v) is 12.0. The van der Waals surface area contributed by atoms with Crippen molar-refractivity contribution < 1.29 is 9.50 Å². The van der Waals surface area contributed by atoms with Crippen LogP contribution in [0.3, 0.4) is 0 Å². The van der Waals surface area contributed by atoms with E-state index in [0.29, 0.717) is 5.92 Å². The van der Waals surface area contributed by atoms with Gasteiger partial charge < -0.3 is 10.0 Å². The molecule has 2 aromatic rings. The van der Waals surface area contributed by atoms with Crippen molar-refractivity contribution in [3.63, 3.8) is 0 Å². The first-order valence-corrected chi connectivity index (χ1v) is 7.46. The van der Waals surface area contributed by atoms with Gasteiger partial charge in [-0.05, 0) is 48.6 Å². The van der Waals surface area contributed by atoms with Gasteiger partial charge in [-0.3, -0.25) is 0 Å². The summed E-state index contributed by atoms with van der Waals surface area (Å²) in [4.78, 5) is 2.36. The van der Waals surface area contributed by atoms with Crippen LogP contribution in [-0.4, -0.2) is 18.2 Å². The van der Waals surface area contributed by atoms with Gasteiger partial charge in [0.1, 0.15) is 5.82 Å². The minimum absolute atomic E-state index is 0.261. The lowest BCUT2D eigenvalue weighted by Gasteiger charge is -2.41. The van der Waals surface area contributed by atoms with Gasteiger partial charge in [0.2, 0.25) is 0 Å². The molecule has 1 atom stereocenters. The smallest absolute Gasteiger partial charge is 0.123 e. The Balaban J connectivity index is 1.44. The number of benzene rings is 2. The van der Waals surface area contributed by atoms with Crippen LogP contribution in [0.4, 0.5) is 10.1 Å². The molecule has 2 aromatic carbocycles. The van der Waals surface area contributed by atoms with E-state index in [2.05, 4.69) is 29.2 Å². The first-order valence-electron chi connectivity index (χ1n) is 7.46. The molecule has 0 saturated carbocycles. The summed E-state index contributed by atoms with van der Waals surface area (Å²) in [5.41, 5.74) is 2.07. The van der Waals surface area contributed by atoms with Gasteiger partial charge in [0.05, 0.1) is 6.10 Å². The fourth-order valence-corrected chi connectivity index (χ4v) is 2.85. The van der Waals surface area contributed by atoms with Crippen LogP contribution in [0.1, 0.15) is 24.5 Å². The lowest BCUT2D eigenvalue weighted by Crippen LogP contribution is -2.46. The molecule has 0 aromatic heterocycles. The maximum atomic E-state index is 12.8. The van der Waals surface area contributed by atoms with E-state index in [-0.39, 0.29) is 5.82 Å². The van der Waals surface area contributed by atoms with Crippen molar-refractivity contribution in [3.05, 3.63) is 66.0 Å². The van der Waals surface area contributed by atoms with Gasteiger partial charge in [-0.15, -0.1) is 0 Å². The number of rotatable bonds is 5. The fraction of sp³-hybridized carbons (Fsp3) is 0.333. The molecule has 0 bridgehead atoms. The summed E-state index contributed by atoms with van der Waals surface area (Å²) in [6.45, 7) is 2.11. The Morgan fingerprint density at radius 3 is 2.38 bits per heavy atom. The molecule has 1 unspecified atom stereocenters. The van der Waals surface area contributed by atoms with Crippen molar-refractivity contribution >= 4 is 5.69 Å². The molecule has 2 nitrogen and oxygen atoms in total. The number of halogens is 1. The van der Waals surface area contributed by atoms with Crippen molar-refractivity contribution in [2.75, 3.05) is 18.0 Å². The van der Waals surface area contributed by atoms with E-state index in [1.807, 2.05) is 6.07 Å². The van der Waals surface area contributed by atoms with Crippen LogP contribution in [0, 0.1) is 11.7 Å². The zero-order chi connectivity index (χ0) is 14.7. The van der Waals surface area contributed by atoms with Gasteiger partial charge in [-0.1, -0.05) is 30.3 Å². The van der Waals surface area contributed by atoms with Crippen molar-refractivity contribution in [1.82, 2.24) is 0 Å². The molecule has 1 aliphatic rings. The van der Waals surface area contributed by atoms with E-state index < -0.39 is 6.10 Å². The highest BCUT2D eigenvalue weighted by molar-refractivity contribution is 5.48. The van der Waals surface area contributed by atoms with Gasteiger partial charge in [-0.25, -0.2) is 4.39 Å². The van der Waals surface area contributed by atoms with Gasteiger partial charge >= 0.3 is 0 Å². The minimum Gasteiger partial charge on any atom is -0.388 e. The summed E-state index contributed by atoms with van der Waals surface area (Å²) >= 11 is 0. The van der Waals surface area contributed by atoms with Gasteiger partial charge in [0.25, 0.3) is 0 Å². The Hall–Kier alpha value is -1.87. The highest BCUT2D eigenvalue weighted by atomic mass is 19.1. The van der Waals surface area contributed by atoms with E-state index in [9.17, 15) is 9.50 Å². The molecule has 1 saturated heterocycles. The van der Waals surface area contributed by atoms with Crippen LogP contribution in [0.5, 0.6) is 0 Å². The number of hydrogen-bond acceptors (Lipinski definition) is 2. The maximum Gasteiger partial charge on any atom is 0.123 e. The van der Waals surface area contributed by atoms with Crippen molar-refractivity contribution in [2.45, 2.75) is 18.9 Å². The molecule has 0 amide bonds. The third kappa shape index (κ3) is 3.42. The lowest BCUT2D eigenvalue weighted by atomic mass is 9.91.